The Morgan fingerprint density at radius 2 is 1.63 bits per heavy atom. The quantitative estimate of drug-likeness (QED) is 0.0510. The second-order valence-electron chi connectivity index (χ2n) is 15.3. The number of fused-ring (bicyclic) bond motifs is 4. The largest absolute Gasteiger partial charge is 0.506 e. The third-order valence-electron chi connectivity index (χ3n) is 11.1. The van der Waals surface area contributed by atoms with Crippen molar-refractivity contribution in [2.24, 2.45) is 5.92 Å². The number of amides is 2. The molecular formula is C46H51N5O9. The third-order valence-corrected chi connectivity index (χ3v) is 11.1. The molecule has 14 heteroatoms. The van der Waals surface area contributed by atoms with Crippen LogP contribution in [-0.4, -0.2) is 90.0 Å². The molecule has 3 atom stereocenters. The minimum absolute atomic E-state index is 0.0671. The van der Waals surface area contributed by atoms with Crippen molar-refractivity contribution in [1.82, 2.24) is 25.8 Å². The van der Waals surface area contributed by atoms with Gasteiger partial charge in [0, 0.05) is 31.1 Å². The van der Waals surface area contributed by atoms with Gasteiger partial charge in [-0.2, -0.15) is 0 Å². The normalized spacial score (nSPS) is 18.0. The van der Waals surface area contributed by atoms with E-state index in [1.54, 1.807) is 36.4 Å². The first-order valence-electron chi connectivity index (χ1n) is 20.4. The van der Waals surface area contributed by atoms with E-state index in [4.69, 9.17) is 14.2 Å². The van der Waals surface area contributed by atoms with Crippen LogP contribution in [0.4, 0.5) is 4.79 Å². The average molecular weight is 818 g/mol. The van der Waals surface area contributed by atoms with Crippen LogP contribution in [0.3, 0.4) is 0 Å². The predicted octanol–water partition coefficient (Wildman–Crippen LogP) is 5.10. The number of phenolic OH excluding ortho intramolecular Hbond substituents is 1. The van der Waals surface area contributed by atoms with Crippen LogP contribution in [0.2, 0.25) is 0 Å². The highest BCUT2D eigenvalue weighted by Crippen LogP contribution is 2.31. The fraction of sp³-hybridized carbons (Fsp3) is 0.348. The first kappa shape index (κ1) is 41.9. The molecule has 14 nitrogen and oxygen atoms in total. The maximum atomic E-state index is 13.2. The number of ether oxygens (including phenoxy) is 3. The molecule has 2 bridgehead atoms. The summed E-state index contributed by atoms with van der Waals surface area (Å²) in [6, 6.07) is 29.7. The first-order chi connectivity index (χ1) is 29.2. The van der Waals surface area contributed by atoms with Crippen molar-refractivity contribution < 1.29 is 38.8 Å². The summed E-state index contributed by atoms with van der Waals surface area (Å²) in [5, 5.41) is 30.3. The molecular weight excluding hydrogens is 767 g/mol. The number of esters is 1. The Kier molecular flexibility index (Phi) is 14.1. The second kappa shape index (κ2) is 20.2. The summed E-state index contributed by atoms with van der Waals surface area (Å²) in [6.45, 7) is 3.99. The molecule has 3 aliphatic heterocycles. The molecule has 0 radical (unpaired) electrons. The zero-order valence-electron chi connectivity index (χ0n) is 33.3. The molecule has 0 spiro atoms. The number of phenols is 1. The van der Waals surface area contributed by atoms with E-state index in [-0.39, 0.29) is 36.1 Å². The minimum atomic E-state index is -0.858. The third kappa shape index (κ3) is 11.1. The number of aromatic hydroxyl groups is 1. The second-order valence-corrected chi connectivity index (χ2v) is 15.3. The Morgan fingerprint density at radius 1 is 0.867 bits per heavy atom. The van der Waals surface area contributed by atoms with Crippen molar-refractivity contribution in [2.75, 3.05) is 45.9 Å². The number of hydrogen-bond acceptors (Lipinski definition) is 11. The Bertz CT molecular complexity index is 2290. The van der Waals surface area contributed by atoms with Gasteiger partial charge in [0.25, 0.3) is 5.91 Å². The smallest absolute Gasteiger partial charge is 0.408 e. The summed E-state index contributed by atoms with van der Waals surface area (Å²) in [4.78, 5) is 54.8. The van der Waals surface area contributed by atoms with Gasteiger partial charge in [0.05, 0.1) is 23.2 Å². The van der Waals surface area contributed by atoms with E-state index >= 15 is 0 Å². The lowest BCUT2D eigenvalue weighted by atomic mass is 9.86. The van der Waals surface area contributed by atoms with Crippen LogP contribution in [0.1, 0.15) is 70.4 Å². The van der Waals surface area contributed by atoms with Gasteiger partial charge in [-0.1, -0.05) is 60.7 Å². The molecule has 3 fully saturated rings. The highest BCUT2D eigenvalue weighted by Gasteiger charge is 2.37. The highest BCUT2D eigenvalue weighted by molar-refractivity contribution is 5.91. The number of nitrogens with one attached hydrogen (secondary N) is 4. The maximum absolute atomic E-state index is 13.2. The Labute approximate surface area is 347 Å². The number of hydrogen-bond donors (Lipinski definition) is 6. The van der Waals surface area contributed by atoms with Crippen LogP contribution in [0.5, 0.6) is 11.5 Å². The van der Waals surface area contributed by atoms with E-state index in [0.717, 1.165) is 55.6 Å². The number of pyridine rings is 1. The fourth-order valence-corrected chi connectivity index (χ4v) is 7.79. The lowest BCUT2D eigenvalue weighted by Crippen LogP contribution is -2.52. The molecule has 4 heterocycles. The number of carbonyl (C=O) groups is 3. The Hall–Kier alpha value is -6.22. The van der Waals surface area contributed by atoms with E-state index in [2.05, 4.69) is 25.8 Å². The molecule has 6 N–H and O–H groups in total. The van der Waals surface area contributed by atoms with Crippen LogP contribution < -0.4 is 26.2 Å². The summed E-state index contributed by atoms with van der Waals surface area (Å²) in [6.07, 6.45) is 2.10. The number of alkyl carbamates (subject to hydrolysis) is 1. The number of rotatable bonds is 18. The standard InChI is InChI=1S/C46H51N5O9/c52-38-17-15-36(37-16-18-41(54)49-44(37)38)39(53)26-47-21-4-5-22-48-42(55)29-59-45(56)33-13-11-30(12-14-33)28-58-35-10-6-9-34(25-35)43(32-7-2-1-3-8-32)50-46(57)60-40-27-51-23-19-31(40)20-24-51/h1-3,6-18,25,31,39-40,43,47,52-53H,4-5,19-24,26-29H2,(H,48,55)(H,49,54)(H,50,57)/t39-,40-,43?/m0/s1. The lowest BCUT2D eigenvalue weighted by Gasteiger charge is -2.43. The summed E-state index contributed by atoms with van der Waals surface area (Å²) < 4.78 is 17.3. The van der Waals surface area contributed by atoms with Gasteiger partial charge in [-0.3, -0.25) is 14.5 Å². The molecule has 5 aromatic rings. The molecule has 3 aliphatic rings. The van der Waals surface area contributed by atoms with Gasteiger partial charge in [-0.15, -0.1) is 0 Å². The number of unbranched alkanes of at least 4 members (excludes halogenated alkanes) is 1. The average Bonchev–Trinajstić information content (AvgIpc) is 3.27. The van der Waals surface area contributed by atoms with Gasteiger partial charge in [-0.05, 0) is 110 Å². The number of piperidine rings is 3. The predicted molar refractivity (Wildman–Crippen MR) is 225 cm³/mol. The zero-order chi connectivity index (χ0) is 41.8. The fourth-order valence-electron chi connectivity index (χ4n) is 7.79. The SMILES string of the molecule is O=C(COC(=O)c1ccc(COc2cccc(C(NC(=O)O[C@H]3CN4CCC3CC4)c3ccccc3)c2)cc1)NCCCCNC[C@H](O)c1ccc(O)c2[nH]c(=O)ccc12. The van der Waals surface area contributed by atoms with Gasteiger partial charge in [0.2, 0.25) is 5.56 Å². The van der Waals surface area contributed by atoms with Crippen molar-refractivity contribution in [2.45, 2.75) is 50.5 Å². The molecule has 2 amide bonds. The molecule has 8 rings (SSSR count). The molecule has 60 heavy (non-hydrogen) atoms. The van der Waals surface area contributed by atoms with Crippen LogP contribution in [0.25, 0.3) is 10.9 Å². The summed E-state index contributed by atoms with van der Waals surface area (Å²) in [5.74, 6) is -0.0725. The molecule has 3 saturated heterocycles. The van der Waals surface area contributed by atoms with Gasteiger partial charge >= 0.3 is 12.1 Å². The van der Waals surface area contributed by atoms with Gasteiger partial charge in [0.1, 0.15) is 24.2 Å². The van der Waals surface area contributed by atoms with Crippen LogP contribution >= 0.6 is 0 Å². The summed E-state index contributed by atoms with van der Waals surface area (Å²) in [5.41, 5.74) is 3.41. The number of aromatic nitrogens is 1. The monoisotopic (exact) mass is 817 g/mol. The first-order valence-corrected chi connectivity index (χ1v) is 20.4. The summed E-state index contributed by atoms with van der Waals surface area (Å²) >= 11 is 0. The van der Waals surface area contributed by atoms with E-state index in [0.29, 0.717) is 47.7 Å². The van der Waals surface area contributed by atoms with E-state index in [1.165, 1.54) is 12.1 Å². The van der Waals surface area contributed by atoms with E-state index < -0.39 is 36.7 Å². The molecule has 4 aromatic carbocycles. The number of aromatic amines is 1. The number of aliphatic hydroxyl groups excluding tert-OH is 1. The molecule has 0 aliphatic carbocycles. The number of nitrogens with zero attached hydrogens (tertiary/aromatic N) is 1. The van der Waals surface area contributed by atoms with Crippen molar-refractivity contribution in [3.8, 4) is 11.5 Å². The lowest BCUT2D eigenvalue weighted by molar-refractivity contribution is -0.124. The Morgan fingerprint density at radius 3 is 2.40 bits per heavy atom. The zero-order valence-corrected chi connectivity index (χ0v) is 33.3. The van der Waals surface area contributed by atoms with Crippen LogP contribution in [0.15, 0.2) is 108 Å². The number of carbonyl (C=O) groups excluding carboxylic acids is 3. The summed E-state index contributed by atoms with van der Waals surface area (Å²) in [7, 11) is 0. The molecule has 0 saturated carbocycles. The van der Waals surface area contributed by atoms with Gasteiger partial charge < -0.3 is 45.4 Å². The maximum Gasteiger partial charge on any atom is 0.408 e. The van der Waals surface area contributed by atoms with Gasteiger partial charge in [-0.25, -0.2) is 9.59 Å². The van der Waals surface area contributed by atoms with Crippen molar-refractivity contribution in [3.63, 3.8) is 0 Å². The highest BCUT2D eigenvalue weighted by atomic mass is 16.6. The van der Waals surface area contributed by atoms with Crippen molar-refractivity contribution in [3.05, 3.63) is 141 Å². The van der Waals surface area contributed by atoms with Crippen molar-refractivity contribution >= 4 is 28.9 Å². The minimum Gasteiger partial charge on any atom is -0.506 e. The topological polar surface area (TPSA) is 192 Å². The number of H-pyrrole nitrogens is 1. The molecule has 1 aromatic heterocycles. The van der Waals surface area contributed by atoms with Crippen LogP contribution in [0, 0.1) is 5.92 Å². The van der Waals surface area contributed by atoms with Gasteiger partial charge in [0.15, 0.2) is 6.61 Å². The Balaban J connectivity index is 0.807. The van der Waals surface area contributed by atoms with Crippen molar-refractivity contribution in [1.29, 1.82) is 0 Å². The number of benzene rings is 4. The van der Waals surface area contributed by atoms with Crippen LogP contribution in [-0.2, 0) is 20.9 Å². The number of aliphatic hydroxyl groups is 1. The molecule has 1 unspecified atom stereocenters. The van der Waals surface area contributed by atoms with E-state index in [9.17, 15) is 29.4 Å². The van der Waals surface area contributed by atoms with E-state index in [1.807, 2.05) is 54.6 Å². The molecule has 314 valence electrons.